The lowest BCUT2D eigenvalue weighted by Gasteiger charge is -2.17. The largest absolute Gasteiger partial charge is 0.494 e. The summed E-state index contributed by atoms with van der Waals surface area (Å²) in [6.45, 7) is 6.39. The molecule has 2 aromatic rings. The molecule has 0 radical (unpaired) electrons. The SMILES string of the molecule is CCOc1ccc(NC(=O)C(C#N)=Cc2cc(Cl)c(OC(C)CC)c(OC)c2)cc1. The topological polar surface area (TPSA) is 80.6 Å². The van der Waals surface area contributed by atoms with E-state index in [-0.39, 0.29) is 11.7 Å². The molecule has 0 aromatic heterocycles. The fourth-order valence-corrected chi connectivity index (χ4v) is 2.80. The van der Waals surface area contributed by atoms with Crippen LogP contribution >= 0.6 is 11.6 Å². The van der Waals surface area contributed by atoms with E-state index in [2.05, 4.69) is 5.32 Å². The first-order valence-electron chi connectivity index (χ1n) is 9.61. The van der Waals surface area contributed by atoms with Crippen molar-refractivity contribution in [3.8, 4) is 23.3 Å². The molecule has 1 atom stereocenters. The van der Waals surface area contributed by atoms with Gasteiger partial charge in [0.15, 0.2) is 11.5 Å². The molecule has 30 heavy (non-hydrogen) atoms. The van der Waals surface area contributed by atoms with Crippen LogP contribution in [-0.2, 0) is 4.79 Å². The van der Waals surface area contributed by atoms with Gasteiger partial charge in [-0.05, 0) is 68.3 Å². The third kappa shape index (κ3) is 6.16. The highest BCUT2D eigenvalue weighted by Crippen LogP contribution is 2.38. The Labute approximate surface area is 182 Å². The summed E-state index contributed by atoms with van der Waals surface area (Å²) in [4.78, 5) is 12.5. The quantitative estimate of drug-likeness (QED) is 0.423. The van der Waals surface area contributed by atoms with E-state index in [0.29, 0.717) is 40.1 Å². The van der Waals surface area contributed by atoms with Crippen molar-refractivity contribution in [3.05, 3.63) is 52.6 Å². The van der Waals surface area contributed by atoms with E-state index < -0.39 is 5.91 Å². The first-order chi connectivity index (χ1) is 14.4. The van der Waals surface area contributed by atoms with Gasteiger partial charge < -0.3 is 19.5 Å². The van der Waals surface area contributed by atoms with Gasteiger partial charge >= 0.3 is 0 Å². The van der Waals surface area contributed by atoms with Crippen LogP contribution in [0.4, 0.5) is 5.69 Å². The third-order valence-corrected chi connectivity index (χ3v) is 4.53. The van der Waals surface area contributed by atoms with Crippen molar-refractivity contribution in [2.45, 2.75) is 33.3 Å². The van der Waals surface area contributed by atoms with Gasteiger partial charge in [-0.2, -0.15) is 5.26 Å². The van der Waals surface area contributed by atoms with Gasteiger partial charge in [0.05, 0.1) is 24.8 Å². The summed E-state index contributed by atoms with van der Waals surface area (Å²) in [5.41, 5.74) is 1.03. The molecular formula is C23H25ClN2O4. The first kappa shape index (κ1) is 23.1. The Morgan fingerprint density at radius 1 is 1.27 bits per heavy atom. The minimum absolute atomic E-state index is 0.0349. The van der Waals surface area contributed by atoms with Gasteiger partial charge in [0.1, 0.15) is 17.4 Å². The molecule has 6 nitrogen and oxygen atoms in total. The lowest BCUT2D eigenvalue weighted by atomic mass is 10.1. The van der Waals surface area contributed by atoms with Crippen molar-refractivity contribution in [1.82, 2.24) is 0 Å². The molecule has 1 N–H and O–H groups in total. The first-order valence-corrected chi connectivity index (χ1v) is 9.99. The van der Waals surface area contributed by atoms with E-state index in [0.717, 1.165) is 6.42 Å². The minimum atomic E-state index is -0.531. The Morgan fingerprint density at radius 2 is 1.97 bits per heavy atom. The molecule has 0 spiro atoms. The molecule has 0 fully saturated rings. The van der Waals surface area contributed by atoms with E-state index in [1.807, 2.05) is 26.8 Å². The number of nitrogens with zero attached hydrogens (tertiary/aromatic N) is 1. The van der Waals surface area contributed by atoms with Crippen molar-refractivity contribution < 1.29 is 19.0 Å². The molecule has 0 aliphatic rings. The Hall–Kier alpha value is -3.17. The van der Waals surface area contributed by atoms with E-state index >= 15 is 0 Å². The lowest BCUT2D eigenvalue weighted by molar-refractivity contribution is -0.112. The van der Waals surface area contributed by atoms with Crippen LogP contribution in [0.25, 0.3) is 6.08 Å². The summed E-state index contributed by atoms with van der Waals surface area (Å²) in [5.74, 6) is 1.03. The number of hydrogen-bond donors (Lipinski definition) is 1. The normalized spacial score (nSPS) is 11.9. The van der Waals surface area contributed by atoms with Gasteiger partial charge in [-0.1, -0.05) is 18.5 Å². The van der Waals surface area contributed by atoms with Crippen LogP contribution < -0.4 is 19.5 Å². The number of benzene rings is 2. The van der Waals surface area contributed by atoms with Crippen LogP contribution in [0.1, 0.15) is 32.8 Å². The zero-order valence-corrected chi connectivity index (χ0v) is 18.2. The molecule has 2 rings (SSSR count). The molecule has 7 heteroatoms. The minimum Gasteiger partial charge on any atom is -0.494 e. The van der Waals surface area contributed by atoms with E-state index in [9.17, 15) is 10.1 Å². The number of nitriles is 1. The molecule has 1 amide bonds. The van der Waals surface area contributed by atoms with Crippen LogP contribution in [0, 0.1) is 11.3 Å². The average Bonchev–Trinajstić information content (AvgIpc) is 2.74. The van der Waals surface area contributed by atoms with Gasteiger partial charge in [-0.15, -0.1) is 0 Å². The summed E-state index contributed by atoms with van der Waals surface area (Å²) in [6.07, 6.45) is 2.23. The summed E-state index contributed by atoms with van der Waals surface area (Å²) in [7, 11) is 1.51. The predicted molar refractivity (Wildman–Crippen MR) is 118 cm³/mol. The second kappa shape index (κ2) is 11.1. The lowest BCUT2D eigenvalue weighted by Crippen LogP contribution is -2.13. The van der Waals surface area contributed by atoms with Crippen molar-refractivity contribution >= 4 is 29.3 Å². The molecule has 158 valence electrons. The maximum atomic E-state index is 12.5. The number of methoxy groups -OCH3 is 1. The number of nitrogens with one attached hydrogen (secondary N) is 1. The van der Waals surface area contributed by atoms with Crippen LogP contribution in [0.5, 0.6) is 17.2 Å². The fourth-order valence-electron chi connectivity index (χ4n) is 2.54. The average molecular weight is 429 g/mol. The zero-order chi connectivity index (χ0) is 22.1. The molecule has 2 aromatic carbocycles. The number of anilines is 1. The van der Waals surface area contributed by atoms with Gasteiger partial charge in [-0.3, -0.25) is 4.79 Å². The van der Waals surface area contributed by atoms with Crippen LogP contribution in [-0.4, -0.2) is 25.7 Å². The van der Waals surface area contributed by atoms with Gasteiger partial charge in [0.2, 0.25) is 0 Å². The Morgan fingerprint density at radius 3 is 2.53 bits per heavy atom. The van der Waals surface area contributed by atoms with Crippen LogP contribution in [0.3, 0.4) is 0 Å². The predicted octanol–water partition coefficient (Wildman–Crippen LogP) is 5.47. The Bertz CT molecular complexity index is 949. The smallest absolute Gasteiger partial charge is 0.266 e. The summed E-state index contributed by atoms with van der Waals surface area (Å²) in [5, 5.41) is 12.5. The maximum absolute atomic E-state index is 12.5. The molecule has 0 saturated heterocycles. The van der Waals surface area contributed by atoms with Gasteiger partial charge in [-0.25, -0.2) is 0 Å². The van der Waals surface area contributed by atoms with Crippen LogP contribution in [0.15, 0.2) is 42.0 Å². The molecule has 0 bridgehead atoms. The van der Waals surface area contributed by atoms with Gasteiger partial charge in [0.25, 0.3) is 5.91 Å². The Kier molecular flexibility index (Phi) is 8.57. The second-order valence-corrected chi connectivity index (χ2v) is 6.86. The number of halogens is 1. The number of hydrogen-bond acceptors (Lipinski definition) is 5. The Balaban J connectivity index is 2.24. The molecule has 1 unspecified atom stereocenters. The summed E-state index contributed by atoms with van der Waals surface area (Å²) >= 11 is 6.36. The number of rotatable bonds is 9. The summed E-state index contributed by atoms with van der Waals surface area (Å²) in [6, 6.07) is 12.1. The summed E-state index contributed by atoms with van der Waals surface area (Å²) < 4.78 is 16.6. The third-order valence-electron chi connectivity index (χ3n) is 4.24. The highest BCUT2D eigenvalue weighted by molar-refractivity contribution is 6.32. The molecule has 0 saturated carbocycles. The number of carbonyl (C=O) groups excluding carboxylic acids is 1. The standard InChI is InChI=1S/C23H25ClN2O4/c1-5-15(3)30-22-20(24)12-16(13-21(22)28-4)11-17(14-25)23(27)26-18-7-9-19(10-8-18)29-6-2/h7-13,15H,5-6H2,1-4H3,(H,26,27). The number of amides is 1. The highest BCUT2D eigenvalue weighted by atomic mass is 35.5. The molecule has 0 aliphatic heterocycles. The van der Waals surface area contributed by atoms with E-state index in [1.165, 1.54) is 13.2 Å². The van der Waals surface area contributed by atoms with Gasteiger partial charge in [0, 0.05) is 5.69 Å². The highest BCUT2D eigenvalue weighted by Gasteiger charge is 2.16. The van der Waals surface area contributed by atoms with E-state index in [4.69, 9.17) is 25.8 Å². The van der Waals surface area contributed by atoms with Crippen molar-refractivity contribution in [2.75, 3.05) is 19.0 Å². The second-order valence-electron chi connectivity index (χ2n) is 6.45. The maximum Gasteiger partial charge on any atom is 0.266 e. The van der Waals surface area contributed by atoms with Crippen molar-refractivity contribution in [2.24, 2.45) is 0 Å². The number of ether oxygens (including phenoxy) is 3. The van der Waals surface area contributed by atoms with Crippen LogP contribution in [0.2, 0.25) is 5.02 Å². The fraction of sp³-hybridized carbons (Fsp3) is 0.304. The number of carbonyl (C=O) groups is 1. The molecule has 0 aliphatic carbocycles. The monoisotopic (exact) mass is 428 g/mol. The van der Waals surface area contributed by atoms with Crippen molar-refractivity contribution in [1.29, 1.82) is 5.26 Å². The van der Waals surface area contributed by atoms with E-state index in [1.54, 1.807) is 36.4 Å². The zero-order valence-electron chi connectivity index (χ0n) is 17.5. The molecular weight excluding hydrogens is 404 g/mol. The van der Waals surface area contributed by atoms with Crippen molar-refractivity contribution in [3.63, 3.8) is 0 Å². The molecule has 0 heterocycles.